The van der Waals surface area contributed by atoms with Gasteiger partial charge in [-0.25, -0.2) is 0 Å². The van der Waals surface area contributed by atoms with Crippen LogP contribution in [0.2, 0.25) is 0 Å². The number of fused-ring (bicyclic) bond motifs is 1. The normalized spacial score (nSPS) is 10.7. The molecular formula is C17H15N3O3. The Labute approximate surface area is 132 Å². The largest absolute Gasteiger partial charge is 0.350 e. The summed E-state index contributed by atoms with van der Waals surface area (Å²) in [6, 6.07) is 13.8. The number of carbonyl (C=O) groups is 1. The van der Waals surface area contributed by atoms with Crippen LogP contribution in [0, 0.1) is 10.1 Å². The maximum Gasteiger partial charge on any atom is 0.271 e. The molecule has 0 aliphatic carbocycles. The summed E-state index contributed by atoms with van der Waals surface area (Å²) in [4.78, 5) is 22.5. The molecule has 0 radical (unpaired) electrons. The van der Waals surface area contributed by atoms with Gasteiger partial charge in [0.2, 0.25) is 5.91 Å². The Hall–Kier alpha value is -3.15. The molecule has 2 aromatic carbocycles. The molecule has 1 aromatic heterocycles. The van der Waals surface area contributed by atoms with Gasteiger partial charge in [-0.1, -0.05) is 24.3 Å². The van der Waals surface area contributed by atoms with Crippen LogP contribution in [0.3, 0.4) is 0 Å². The molecule has 1 amide bonds. The van der Waals surface area contributed by atoms with Crippen molar-refractivity contribution < 1.29 is 9.72 Å². The lowest BCUT2D eigenvalue weighted by Gasteiger charge is -2.04. The highest BCUT2D eigenvalue weighted by molar-refractivity contribution is 5.96. The molecule has 0 saturated heterocycles. The molecule has 0 spiro atoms. The van der Waals surface area contributed by atoms with Gasteiger partial charge in [0.1, 0.15) is 0 Å². The summed E-state index contributed by atoms with van der Waals surface area (Å²) < 4.78 is 1.98. The van der Waals surface area contributed by atoms with E-state index in [9.17, 15) is 14.9 Å². The number of rotatable bonds is 4. The van der Waals surface area contributed by atoms with Gasteiger partial charge >= 0.3 is 0 Å². The second kappa shape index (κ2) is 5.92. The molecule has 0 unspecified atom stereocenters. The molecule has 1 heterocycles. The molecule has 6 nitrogen and oxygen atoms in total. The summed E-state index contributed by atoms with van der Waals surface area (Å²) in [5, 5.41) is 14.5. The zero-order chi connectivity index (χ0) is 16.4. The number of hydrogen-bond donors (Lipinski definition) is 1. The standard InChI is InChI=1S/C17H15N3O3/c1-19-11-12(15-7-2-3-8-16(15)19)9-17(21)18-13-5-4-6-14(10-13)20(22)23/h2-8,10-11H,9H2,1H3,(H,18,21). The maximum absolute atomic E-state index is 12.2. The topological polar surface area (TPSA) is 77.2 Å². The van der Waals surface area contributed by atoms with Gasteiger partial charge in [-0.05, 0) is 17.7 Å². The Morgan fingerprint density at radius 1 is 1.22 bits per heavy atom. The van der Waals surface area contributed by atoms with Gasteiger partial charge in [0.05, 0.1) is 11.3 Å². The number of amides is 1. The van der Waals surface area contributed by atoms with Crippen LogP contribution in [0.25, 0.3) is 10.9 Å². The summed E-state index contributed by atoms with van der Waals surface area (Å²) in [6.45, 7) is 0. The predicted molar refractivity (Wildman–Crippen MR) is 88.3 cm³/mol. The second-order valence-electron chi connectivity index (χ2n) is 5.31. The van der Waals surface area contributed by atoms with Crippen LogP contribution >= 0.6 is 0 Å². The molecule has 6 heteroatoms. The first-order valence-corrected chi connectivity index (χ1v) is 7.12. The smallest absolute Gasteiger partial charge is 0.271 e. The summed E-state index contributed by atoms with van der Waals surface area (Å²) in [7, 11) is 1.93. The van der Waals surface area contributed by atoms with E-state index in [1.54, 1.807) is 12.1 Å². The van der Waals surface area contributed by atoms with Crippen molar-refractivity contribution in [3.8, 4) is 0 Å². The lowest BCUT2D eigenvalue weighted by Crippen LogP contribution is -2.14. The van der Waals surface area contributed by atoms with Crippen LogP contribution in [-0.4, -0.2) is 15.4 Å². The molecule has 0 fully saturated rings. The monoisotopic (exact) mass is 309 g/mol. The summed E-state index contributed by atoms with van der Waals surface area (Å²) in [6.07, 6.45) is 2.14. The number of hydrogen-bond acceptors (Lipinski definition) is 3. The fraction of sp³-hybridized carbons (Fsp3) is 0.118. The van der Waals surface area contributed by atoms with Crippen LogP contribution in [-0.2, 0) is 18.3 Å². The number of para-hydroxylation sites is 1. The molecule has 23 heavy (non-hydrogen) atoms. The minimum atomic E-state index is -0.486. The van der Waals surface area contributed by atoms with E-state index in [2.05, 4.69) is 5.32 Å². The molecule has 0 atom stereocenters. The lowest BCUT2D eigenvalue weighted by molar-refractivity contribution is -0.384. The first-order valence-electron chi connectivity index (χ1n) is 7.12. The number of carbonyl (C=O) groups excluding carboxylic acids is 1. The summed E-state index contributed by atoms with van der Waals surface area (Å²) >= 11 is 0. The average Bonchev–Trinajstić information content (AvgIpc) is 2.84. The number of benzene rings is 2. The highest BCUT2D eigenvalue weighted by atomic mass is 16.6. The fourth-order valence-corrected chi connectivity index (χ4v) is 2.64. The molecular weight excluding hydrogens is 294 g/mol. The van der Waals surface area contributed by atoms with E-state index in [0.29, 0.717) is 5.69 Å². The molecule has 116 valence electrons. The van der Waals surface area contributed by atoms with Crippen LogP contribution in [0.1, 0.15) is 5.56 Å². The maximum atomic E-state index is 12.2. The zero-order valence-electron chi connectivity index (χ0n) is 12.5. The van der Waals surface area contributed by atoms with Gasteiger partial charge in [-0.3, -0.25) is 14.9 Å². The van der Waals surface area contributed by atoms with Gasteiger partial charge in [-0.2, -0.15) is 0 Å². The van der Waals surface area contributed by atoms with Crippen molar-refractivity contribution in [1.29, 1.82) is 0 Å². The third kappa shape index (κ3) is 3.06. The molecule has 0 aliphatic rings. The van der Waals surface area contributed by atoms with Crippen molar-refractivity contribution in [3.63, 3.8) is 0 Å². The predicted octanol–water partition coefficient (Wildman–Crippen LogP) is 3.27. The quantitative estimate of drug-likeness (QED) is 0.593. The van der Waals surface area contributed by atoms with Crippen molar-refractivity contribution in [1.82, 2.24) is 4.57 Å². The van der Waals surface area contributed by atoms with Crippen LogP contribution < -0.4 is 5.32 Å². The number of nitro groups is 1. The van der Waals surface area contributed by atoms with Crippen LogP contribution in [0.4, 0.5) is 11.4 Å². The zero-order valence-corrected chi connectivity index (χ0v) is 12.5. The number of non-ortho nitro benzene ring substituents is 1. The van der Waals surface area contributed by atoms with E-state index in [0.717, 1.165) is 16.5 Å². The third-order valence-electron chi connectivity index (χ3n) is 3.67. The first kappa shape index (κ1) is 14.8. The Morgan fingerprint density at radius 2 is 2.00 bits per heavy atom. The van der Waals surface area contributed by atoms with Gasteiger partial charge in [0.25, 0.3) is 5.69 Å². The molecule has 3 aromatic rings. The van der Waals surface area contributed by atoms with E-state index >= 15 is 0 Å². The van der Waals surface area contributed by atoms with Crippen molar-refractivity contribution in [2.75, 3.05) is 5.32 Å². The van der Waals surface area contributed by atoms with Gasteiger partial charge in [-0.15, -0.1) is 0 Å². The summed E-state index contributed by atoms with van der Waals surface area (Å²) in [5.74, 6) is -0.207. The number of anilines is 1. The number of aromatic nitrogens is 1. The molecule has 3 rings (SSSR count). The van der Waals surface area contributed by atoms with Gasteiger partial charge in [0.15, 0.2) is 0 Å². The fourth-order valence-electron chi connectivity index (χ4n) is 2.64. The number of nitro benzene ring substituents is 1. The highest BCUT2D eigenvalue weighted by Gasteiger charge is 2.12. The van der Waals surface area contributed by atoms with Crippen molar-refractivity contribution >= 4 is 28.2 Å². The third-order valence-corrected chi connectivity index (χ3v) is 3.67. The Bertz CT molecular complexity index is 899. The van der Waals surface area contributed by atoms with E-state index in [-0.39, 0.29) is 18.0 Å². The minimum absolute atomic E-state index is 0.0482. The number of aryl methyl sites for hydroxylation is 1. The van der Waals surface area contributed by atoms with Crippen molar-refractivity contribution in [2.45, 2.75) is 6.42 Å². The van der Waals surface area contributed by atoms with E-state index in [4.69, 9.17) is 0 Å². The SMILES string of the molecule is Cn1cc(CC(=O)Nc2cccc([N+](=O)[O-])c2)c2ccccc21. The Morgan fingerprint density at radius 3 is 2.78 bits per heavy atom. The Balaban J connectivity index is 1.79. The number of nitrogens with zero attached hydrogens (tertiary/aromatic N) is 2. The molecule has 1 N–H and O–H groups in total. The second-order valence-corrected chi connectivity index (χ2v) is 5.31. The van der Waals surface area contributed by atoms with E-state index in [1.807, 2.05) is 42.1 Å². The summed E-state index contributed by atoms with van der Waals surface area (Å²) in [5.41, 5.74) is 2.36. The van der Waals surface area contributed by atoms with Crippen molar-refractivity contribution in [2.24, 2.45) is 7.05 Å². The molecule has 0 aliphatic heterocycles. The van der Waals surface area contributed by atoms with Gasteiger partial charge in [0, 0.05) is 42.0 Å². The van der Waals surface area contributed by atoms with Crippen molar-refractivity contribution in [3.05, 3.63) is 70.4 Å². The Kier molecular flexibility index (Phi) is 3.80. The highest BCUT2D eigenvalue weighted by Crippen LogP contribution is 2.22. The minimum Gasteiger partial charge on any atom is -0.350 e. The average molecular weight is 309 g/mol. The first-order chi connectivity index (χ1) is 11.0. The number of nitrogens with one attached hydrogen (secondary N) is 1. The lowest BCUT2D eigenvalue weighted by atomic mass is 10.1. The van der Waals surface area contributed by atoms with Crippen LogP contribution in [0.15, 0.2) is 54.7 Å². The molecule has 0 bridgehead atoms. The van der Waals surface area contributed by atoms with Crippen LogP contribution in [0.5, 0.6) is 0 Å². The van der Waals surface area contributed by atoms with E-state index in [1.165, 1.54) is 12.1 Å². The molecule has 0 saturated carbocycles. The van der Waals surface area contributed by atoms with E-state index < -0.39 is 4.92 Å². The van der Waals surface area contributed by atoms with Gasteiger partial charge < -0.3 is 9.88 Å².